The molecule has 10 heteroatoms. The fourth-order valence-electron chi connectivity index (χ4n) is 6.68. The monoisotopic (exact) mass is 529 g/mol. The molecule has 4 aliphatic rings. The normalized spacial score (nSPS) is 27.1. The van der Waals surface area contributed by atoms with Gasteiger partial charge in [-0.3, -0.25) is 19.2 Å². The van der Waals surface area contributed by atoms with Gasteiger partial charge in [0.1, 0.15) is 12.1 Å². The van der Waals surface area contributed by atoms with Gasteiger partial charge in [0.05, 0.1) is 6.04 Å². The van der Waals surface area contributed by atoms with Gasteiger partial charge in [0.15, 0.2) is 0 Å². The SMILES string of the molecule is C=C(C)NC(=O)N[C@H](C(=O)N1CC2(CCC23CC3)C[C@H]1C(=O)NC(CC1CCC1)C(=O)C(N)=O)C(C)(C)C. The largest absolute Gasteiger partial charge is 0.363 e. The maximum absolute atomic E-state index is 14.1. The zero-order valence-corrected chi connectivity index (χ0v) is 23.2. The van der Waals surface area contributed by atoms with Gasteiger partial charge in [-0.2, -0.15) is 0 Å². The lowest BCUT2D eigenvalue weighted by molar-refractivity contribution is -0.143. The second kappa shape index (κ2) is 10.0. The van der Waals surface area contributed by atoms with Crippen LogP contribution in [0.2, 0.25) is 0 Å². The van der Waals surface area contributed by atoms with Gasteiger partial charge in [0.25, 0.3) is 5.91 Å². The highest BCUT2D eigenvalue weighted by Crippen LogP contribution is 2.74. The molecule has 3 saturated carbocycles. The maximum atomic E-state index is 14.1. The molecule has 38 heavy (non-hydrogen) atoms. The Hall–Kier alpha value is -2.91. The van der Waals surface area contributed by atoms with Crippen LogP contribution in [-0.2, 0) is 19.2 Å². The predicted molar refractivity (Wildman–Crippen MR) is 141 cm³/mol. The van der Waals surface area contributed by atoms with Crippen LogP contribution >= 0.6 is 0 Å². The molecule has 0 bridgehead atoms. The third-order valence-corrected chi connectivity index (χ3v) is 9.46. The average molecular weight is 530 g/mol. The number of ketones is 1. The van der Waals surface area contributed by atoms with Crippen LogP contribution in [0.1, 0.15) is 85.5 Å². The second-order valence-corrected chi connectivity index (χ2v) is 13.2. The van der Waals surface area contributed by atoms with Gasteiger partial charge < -0.3 is 26.6 Å². The zero-order chi connectivity index (χ0) is 28.0. The minimum absolute atomic E-state index is 0.135. The predicted octanol–water partition coefficient (Wildman–Crippen LogP) is 2.12. The van der Waals surface area contributed by atoms with Crippen LogP contribution in [0.25, 0.3) is 0 Å². The van der Waals surface area contributed by atoms with E-state index in [0.29, 0.717) is 25.1 Å². The highest BCUT2D eigenvalue weighted by atomic mass is 16.2. The van der Waals surface area contributed by atoms with E-state index in [1.54, 1.807) is 11.8 Å². The summed E-state index contributed by atoms with van der Waals surface area (Å²) in [6.45, 7) is 11.4. The first kappa shape index (κ1) is 28.1. The van der Waals surface area contributed by atoms with E-state index in [-0.39, 0.29) is 22.7 Å². The van der Waals surface area contributed by atoms with E-state index >= 15 is 0 Å². The Kier molecular flexibility index (Phi) is 7.40. The molecule has 2 spiro atoms. The minimum Gasteiger partial charge on any atom is -0.363 e. The summed E-state index contributed by atoms with van der Waals surface area (Å²) in [5.41, 5.74) is 5.16. The van der Waals surface area contributed by atoms with Crippen molar-refractivity contribution in [1.29, 1.82) is 0 Å². The Morgan fingerprint density at radius 2 is 1.63 bits per heavy atom. The molecular weight excluding hydrogens is 486 g/mol. The van der Waals surface area contributed by atoms with Gasteiger partial charge in [0, 0.05) is 12.2 Å². The molecule has 4 rings (SSSR count). The van der Waals surface area contributed by atoms with Crippen LogP contribution in [0.5, 0.6) is 0 Å². The molecular formula is C28H43N5O5. The van der Waals surface area contributed by atoms with E-state index in [2.05, 4.69) is 22.5 Å². The van der Waals surface area contributed by atoms with Crippen molar-refractivity contribution >= 4 is 29.5 Å². The molecule has 0 aromatic carbocycles. The minimum atomic E-state index is -1.07. The van der Waals surface area contributed by atoms with Crippen molar-refractivity contribution in [1.82, 2.24) is 20.9 Å². The van der Waals surface area contributed by atoms with Gasteiger partial charge in [-0.05, 0) is 67.6 Å². The molecule has 1 heterocycles. The Balaban J connectivity index is 1.58. The van der Waals surface area contributed by atoms with Gasteiger partial charge >= 0.3 is 6.03 Å². The number of rotatable bonds is 9. The summed E-state index contributed by atoms with van der Waals surface area (Å²) in [7, 11) is 0. The van der Waals surface area contributed by atoms with E-state index < -0.39 is 47.2 Å². The molecule has 5 amide bonds. The lowest BCUT2D eigenvalue weighted by atomic mass is 9.56. The van der Waals surface area contributed by atoms with Crippen molar-refractivity contribution in [3.8, 4) is 0 Å². The Morgan fingerprint density at radius 1 is 1.03 bits per heavy atom. The Labute approximate surface area is 224 Å². The summed E-state index contributed by atoms with van der Waals surface area (Å²) < 4.78 is 0. The molecule has 1 aliphatic heterocycles. The number of likely N-dealkylation sites (tertiary alicyclic amines) is 1. The van der Waals surface area contributed by atoms with Crippen molar-refractivity contribution in [3.05, 3.63) is 12.3 Å². The van der Waals surface area contributed by atoms with Crippen molar-refractivity contribution < 1.29 is 24.0 Å². The molecule has 1 saturated heterocycles. The highest BCUT2D eigenvalue weighted by Gasteiger charge is 2.69. The second-order valence-electron chi connectivity index (χ2n) is 13.2. The van der Waals surface area contributed by atoms with Crippen LogP contribution in [0.3, 0.4) is 0 Å². The van der Waals surface area contributed by atoms with E-state index in [9.17, 15) is 24.0 Å². The third-order valence-electron chi connectivity index (χ3n) is 9.46. The number of hydrogen-bond donors (Lipinski definition) is 4. The van der Waals surface area contributed by atoms with Crippen molar-refractivity contribution in [2.75, 3.05) is 6.54 Å². The van der Waals surface area contributed by atoms with E-state index in [1.165, 1.54) is 0 Å². The van der Waals surface area contributed by atoms with Gasteiger partial charge in [-0.1, -0.05) is 46.6 Å². The number of nitrogens with zero attached hydrogens (tertiary/aromatic N) is 1. The zero-order valence-electron chi connectivity index (χ0n) is 23.2. The van der Waals surface area contributed by atoms with E-state index in [4.69, 9.17) is 5.73 Å². The first-order valence-electron chi connectivity index (χ1n) is 13.9. The fraction of sp³-hybridized carbons (Fsp3) is 0.750. The molecule has 4 atom stereocenters. The summed E-state index contributed by atoms with van der Waals surface area (Å²) in [5, 5.41) is 8.19. The van der Waals surface area contributed by atoms with Crippen LogP contribution in [0.4, 0.5) is 4.79 Å². The summed E-state index contributed by atoms with van der Waals surface area (Å²) in [5.74, 6) is -2.37. The van der Waals surface area contributed by atoms with Gasteiger partial charge in [0.2, 0.25) is 17.6 Å². The highest BCUT2D eigenvalue weighted by molar-refractivity contribution is 6.37. The number of nitrogens with one attached hydrogen (secondary N) is 3. The number of carbonyl (C=O) groups is 5. The lowest BCUT2D eigenvalue weighted by Gasteiger charge is -2.48. The molecule has 0 aromatic heterocycles. The van der Waals surface area contributed by atoms with E-state index in [1.807, 2.05) is 20.8 Å². The Morgan fingerprint density at radius 3 is 2.08 bits per heavy atom. The number of urea groups is 1. The molecule has 210 valence electrons. The number of primary amides is 1. The average Bonchev–Trinajstić information content (AvgIpc) is 3.51. The lowest BCUT2D eigenvalue weighted by Crippen LogP contribution is -2.60. The number of nitrogens with two attached hydrogens (primary N) is 1. The molecule has 2 unspecified atom stereocenters. The number of carbonyl (C=O) groups excluding carboxylic acids is 5. The van der Waals surface area contributed by atoms with Crippen LogP contribution in [0.15, 0.2) is 12.3 Å². The number of fused-ring (bicyclic) bond motifs is 1. The molecule has 5 N–H and O–H groups in total. The smallest absolute Gasteiger partial charge is 0.319 e. The van der Waals surface area contributed by atoms with Crippen LogP contribution < -0.4 is 21.7 Å². The molecule has 3 aliphatic carbocycles. The quantitative estimate of drug-likeness (QED) is 0.337. The van der Waals surface area contributed by atoms with Crippen molar-refractivity contribution in [2.45, 2.75) is 104 Å². The summed E-state index contributed by atoms with van der Waals surface area (Å²) >= 11 is 0. The van der Waals surface area contributed by atoms with Gasteiger partial charge in [-0.25, -0.2) is 4.79 Å². The fourth-order valence-corrected chi connectivity index (χ4v) is 6.68. The molecule has 0 aromatic rings. The van der Waals surface area contributed by atoms with Gasteiger partial charge in [-0.15, -0.1) is 0 Å². The Bertz CT molecular complexity index is 1040. The van der Waals surface area contributed by atoms with Crippen molar-refractivity contribution in [2.24, 2.45) is 27.9 Å². The summed E-state index contributed by atoms with van der Waals surface area (Å²) in [4.78, 5) is 66.4. The number of amides is 5. The van der Waals surface area contributed by atoms with Crippen LogP contribution in [0, 0.1) is 22.2 Å². The number of hydrogen-bond acceptors (Lipinski definition) is 5. The first-order chi connectivity index (χ1) is 17.7. The van der Waals surface area contributed by atoms with E-state index in [0.717, 1.165) is 44.9 Å². The summed E-state index contributed by atoms with van der Waals surface area (Å²) in [6, 6.07) is -3.20. The molecule has 10 nitrogen and oxygen atoms in total. The standard InChI is InChI=1S/C28H43N5O5/c1-16(2)30-25(38)32-21(26(3,4)5)24(37)33-15-28(12-11-27(28)9-10-27)14-19(33)23(36)31-18(20(34)22(29)35)13-17-7-6-8-17/h17-19,21H,1,6-15H2,2-5H3,(H2,29,35)(H,31,36)(H2,30,32,38)/t18?,19-,21+,28?/m0/s1. The first-order valence-corrected chi connectivity index (χ1v) is 13.9. The third kappa shape index (κ3) is 5.31. The van der Waals surface area contributed by atoms with Crippen LogP contribution in [-0.4, -0.2) is 59.1 Å². The number of allylic oxidation sites excluding steroid dienone is 1. The van der Waals surface area contributed by atoms with Crippen molar-refractivity contribution in [3.63, 3.8) is 0 Å². The molecule has 4 fully saturated rings. The topological polar surface area (TPSA) is 151 Å². The summed E-state index contributed by atoms with van der Waals surface area (Å²) in [6.07, 6.45) is 8.06. The maximum Gasteiger partial charge on any atom is 0.319 e. The number of Topliss-reactive ketones (excluding diaryl/α,β-unsaturated/α-hetero) is 1. The molecule has 0 radical (unpaired) electrons.